The van der Waals surface area contributed by atoms with Crippen molar-refractivity contribution < 1.29 is 19.4 Å². The zero-order chi connectivity index (χ0) is 14.6. The Kier molecular flexibility index (Phi) is 5.26. The van der Waals surface area contributed by atoms with Crippen LogP contribution in [0.4, 0.5) is 0 Å². The number of nitrogens with zero attached hydrogens (tertiary/aromatic N) is 2. The average molecular weight is 268 g/mol. The summed E-state index contributed by atoms with van der Waals surface area (Å²) >= 11 is 0. The Morgan fingerprint density at radius 1 is 1.53 bits per heavy atom. The second-order valence-corrected chi connectivity index (χ2v) is 4.58. The highest BCUT2D eigenvalue weighted by molar-refractivity contribution is 5.99. The van der Waals surface area contributed by atoms with E-state index in [0.717, 1.165) is 0 Å². The number of aryl methyl sites for hydroxylation is 1. The number of likely N-dealkylation sites (N-methyl/N-ethyl adjacent to an activating group) is 1. The van der Waals surface area contributed by atoms with Gasteiger partial charge in [-0.2, -0.15) is 0 Å². The van der Waals surface area contributed by atoms with Gasteiger partial charge < -0.3 is 19.3 Å². The Balaban J connectivity index is 2.79. The van der Waals surface area contributed by atoms with Crippen molar-refractivity contribution in [3.8, 4) is 0 Å². The summed E-state index contributed by atoms with van der Waals surface area (Å²) in [6.45, 7) is 1.80. The summed E-state index contributed by atoms with van der Waals surface area (Å²) in [7, 11) is 4.79. The Morgan fingerprint density at radius 2 is 2.16 bits per heavy atom. The van der Waals surface area contributed by atoms with Gasteiger partial charge in [-0.25, -0.2) is 0 Å². The highest BCUT2D eigenvalue weighted by atomic mass is 16.5. The predicted octanol–water partition coefficient (Wildman–Crippen LogP) is 0.307. The molecule has 0 radical (unpaired) electrons. The van der Waals surface area contributed by atoms with Crippen molar-refractivity contribution in [2.24, 2.45) is 7.05 Å². The largest absolute Gasteiger partial charge is 0.389 e. The van der Waals surface area contributed by atoms with Gasteiger partial charge in [0.2, 0.25) is 0 Å². The summed E-state index contributed by atoms with van der Waals surface area (Å²) in [5.74, 6) is -0.332. The molecule has 0 saturated heterocycles. The number of aromatic nitrogens is 1. The zero-order valence-electron chi connectivity index (χ0n) is 11.7. The van der Waals surface area contributed by atoms with Gasteiger partial charge in [-0.1, -0.05) is 0 Å². The zero-order valence-corrected chi connectivity index (χ0v) is 11.7. The van der Waals surface area contributed by atoms with Gasteiger partial charge >= 0.3 is 0 Å². The number of methoxy groups -OCH3 is 1. The number of hydrogen-bond acceptors (Lipinski definition) is 4. The number of hydrogen-bond donors (Lipinski definition) is 1. The standard InChI is InChI=1S/C13H20N2O4/c1-9(16)10-5-12(14(2)6-10)13(18)15(3)7-11(17)8-19-4/h5-6,11,17H,7-8H2,1-4H3. The summed E-state index contributed by atoms with van der Waals surface area (Å²) in [6, 6.07) is 1.56. The van der Waals surface area contributed by atoms with E-state index in [1.165, 1.54) is 18.9 Å². The van der Waals surface area contributed by atoms with Crippen LogP contribution in [0.25, 0.3) is 0 Å². The first-order valence-corrected chi connectivity index (χ1v) is 5.96. The fraction of sp³-hybridized carbons (Fsp3) is 0.538. The van der Waals surface area contributed by atoms with Crippen LogP contribution in [0.5, 0.6) is 0 Å². The molecule has 106 valence electrons. The number of aliphatic hydroxyl groups excluding tert-OH is 1. The minimum absolute atomic E-state index is 0.0864. The van der Waals surface area contributed by atoms with Crippen LogP contribution in [0.1, 0.15) is 27.8 Å². The van der Waals surface area contributed by atoms with E-state index in [-0.39, 0.29) is 24.8 Å². The van der Waals surface area contributed by atoms with Crippen molar-refractivity contribution in [2.75, 3.05) is 27.3 Å². The molecule has 1 atom stereocenters. The minimum atomic E-state index is -0.730. The Labute approximate surface area is 112 Å². The Morgan fingerprint density at radius 3 is 2.63 bits per heavy atom. The third-order valence-electron chi connectivity index (χ3n) is 2.82. The average Bonchev–Trinajstić information content (AvgIpc) is 2.70. The molecule has 0 aliphatic carbocycles. The second kappa shape index (κ2) is 6.49. The molecule has 1 rings (SSSR count). The normalized spacial score (nSPS) is 12.3. The molecule has 19 heavy (non-hydrogen) atoms. The molecular weight excluding hydrogens is 248 g/mol. The molecule has 1 N–H and O–H groups in total. The predicted molar refractivity (Wildman–Crippen MR) is 70.3 cm³/mol. The number of carbonyl (C=O) groups is 2. The molecule has 1 aromatic rings. The van der Waals surface area contributed by atoms with Crippen LogP contribution in [0.3, 0.4) is 0 Å². The van der Waals surface area contributed by atoms with Gasteiger partial charge in [-0.3, -0.25) is 9.59 Å². The van der Waals surface area contributed by atoms with Crippen molar-refractivity contribution in [1.82, 2.24) is 9.47 Å². The lowest BCUT2D eigenvalue weighted by Crippen LogP contribution is -2.36. The molecule has 0 aliphatic heterocycles. The van der Waals surface area contributed by atoms with E-state index in [1.54, 1.807) is 30.9 Å². The van der Waals surface area contributed by atoms with Crippen LogP contribution in [-0.2, 0) is 11.8 Å². The first-order chi connectivity index (χ1) is 8.86. The van der Waals surface area contributed by atoms with Crippen LogP contribution < -0.4 is 0 Å². The van der Waals surface area contributed by atoms with Crippen molar-refractivity contribution in [3.63, 3.8) is 0 Å². The van der Waals surface area contributed by atoms with Gasteiger partial charge in [-0.05, 0) is 13.0 Å². The van der Waals surface area contributed by atoms with Gasteiger partial charge in [-0.15, -0.1) is 0 Å². The lowest BCUT2D eigenvalue weighted by atomic mass is 10.2. The van der Waals surface area contributed by atoms with E-state index in [1.807, 2.05) is 0 Å². The third-order valence-corrected chi connectivity index (χ3v) is 2.82. The van der Waals surface area contributed by atoms with E-state index in [0.29, 0.717) is 11.3 Å². The summed E-state index contributed by atoms with van der Waals surface area (Å²) in [5.41, 5.74) is 0.911. The maximum absolute atomic E-state index is 12.2. The SMILES string of the molecule is COCC(O)CN(C)C(=O)c1cc(C(C)=O)cn1C. The maximum Gasteiger partial charge on any atom is 0.270 e. The van der Waals surface area contributed by atoms with Gasteiger partial charge in [0.15, 0.2) is 5.78 Å². The first-order valence-electron chi connectivity index (χ1n) is 5.96. The number of aliphatic hydroxyl groups is 1. The highest BCUT2D eigenvalue weighted by Crippen LogP contribution is 2.10. The molecule has 0 aliphatic rings. The number of rotatable bonds is 6. The monoisotopic (exact) mass is 268 g/mol. The van der Waals surface area contributed by atoms with Crippen molar-refractivity contribution in [1.29, 1.82) is 0 Å². The van der Waals surface area contributed by atoms with Crippen molar-refractivity contribution in [2.45, 2.75) is 13.0 Å². The van der Waals surface area contributed by atoms with Crippen LogP contribution >= 0.6 is 0 Å². The van der Waals surface area contributed by atoms with Gasteiger partial charge in [0.05, 0.1) is 12.7 Å². The van der Waals surface area contributed by atoms with E-state index in [9.17, 15) is 14.7 Å². The van der Waals surface area contributed by atoms with Gasteiger partial charge in [0.25, 0.3) is 5.91 Å². The van der Waals surface area contributed by atoms with Crippen LogP contribution in [-0.4, -0.2) is 59.7 Å². The Hall–Kier alpha value is -1.66. The van der Waals surface area contributed by atoms with E-state index in [4.69, 9.17) is 4.74 Å². The molecule has 0 bridgehead atoms. The fourth-order valence-electron chi connectivity index (χ4n) is 1.81. The first kappa shape index (κ1) is 15.4. The van der Waals surface area contributed by atoms with Crippen LogP contribution in [0, 0.1) is 0 Å². The van der Waals surface area contributed by atoms with Gasteiger partial charge in [0, 0.05) is 39.5 Å². The minimum Gasteiger partial charge on any atom is -0.389 e. The molecule has 6 nitrogen and oxygen atoms in total. The Bertz CT molecular complexity index is 467. The third kappa shape index (κ3) is 3.90. The molecule has 1 unspecified atom stereocenters. The summed E-state index contributed by atoms with van der Waals surface area (Å²) in [6.07, 6.45) is 0.890. The van der Waals surface area contributed by atoms with Crippen molar-refractivity contribution >= 4 is 11.7 Å². The smallest absolute Gasteiger partial charge is 0.270 e. The molecule has 0 spiro atoms. The van der Waals surface area contributed by atoms with Crippen LogP contribution in [0.2, 0.25) is 0 Å². The van der Waals surface area contributed by atoms with Crippen LogP contribution in [0.15, 0.2) is 12.3 Å². The number of ether oxygens (including phenoxy) is 1. The number of amides is 1. The number of ketones is 1. The molecule has 6 heteroatoms. The van der Waals surface area contributed by atoms with E-state index < -0.39 is 6.10 Å². The summed E-state index contributed by atoms with van der Waals surface area (Å²) < 4.78 is 6.42. The molecule has 0 saturated carbocycles. The lowest BCUT2D eigenvalue weighted by Gasteiger charge is -2.20. The second-order valence-electron chi connectivity index (χ2n) is 4.58. The molecule has 0 aromatic carbocycles. The highest BCUT2D eigenvalue weighted by Gasteiger charge is 2.19. The topological polar surface area (TPSA) is 71.8 Å². The maximum atomic E-state index is 12.2. The molecule has 0 fully saturated rings. The lowest BCUT2D eigenvalue weighted by molar-refractivity contribution is 0.0376. The molecular formula is C13H20N2O4. The molecule has 1 heterocycles. The number of carbonyl (C=O) groups excluding carboxylic acids is 2. The van der Waals surface area contributed by atoms with Crippen molar-refractivity contribution in [3.05, 3.63) is 23.5 Å². The summed E-state index contributed by atoms with van der Waals surface area (Å²) in [4.78, 5) is 24.9. The summed E-state index contributed by atoms with van der Waals surface area (Å²) in [5, 5.41) is 9.60. The molecule has 1 amide bonds. The fourth-order valence-corrected chi connectivity index (χ4v) is 1.81. The van der Waals surface area contributed by atoms with E-state index >= 15 is 0 Å². The van der Waals surface area contributed by atoms with Gasteiger partial charge in [0.1, 0.15) is 5.69 Å². The number of Topliss-reactive ketones (excluding diaryl/α,β-unsaturated/α-hetero) is 1. The quantitative estimate of drug-likeness (QED) is 0.754. The molecule has 1 aromatic heterocycles. The van der Waals surface area contributed by atoms with E-state index in [2.05, 4.69) is 0 Å².